The van der Waals surface area contributed by atoms with Crippen LogP contribution in [-0.2, 0) is 0 Å². The number of fused-ring (bicyclic) bond motifs is 1. The van der Waals surface area contributed by atoms with E-state index in [-0.39, 0.29) is 11.6 Å². The first-order chi connectivity index (χ1) is 12.4. The van der Waals surface area contributed by atoms with E-state index in [1.54, 1.807) is 6.07 Å². The Kier molecular flexibility index (Phi) is 3.68. The highest BCUT2D eigenvalue weighted by Crippen LogP contribution is 2.39. The zero-order chi connectivity index (χ0) is 18.6. The molecule has 1 aromatic carbocycles. The van der Waals surface area contributed by atoms with E-state index in [0.29, 0.717) is 5.39 Å². The van der Waals surface area contributed by atoms with Gasteiger partial charge >= 0.3 is 5.97 Å². The largest absolute Gasteiger partial charge is 0.477 e. The van der Waals surface area contributed by atoms with Crippen molar-refractivity contribution in [3.8, 4) is 11.1 Å². The lowest BCUT2D eigenvalue weighted by Crippen LogP contribution is -2.19. The Morgan fingerprint density at radius 3 is 2.58 bits per heavy atom. The summed E-state index contributed by atoms with van der Waals surface area (Å²) in [6.07, 6.45) is 5.37. The molecule has 2 heterocycles. The minimum absolute atomic E-state index is 0.163. The lowest BCUT2D eigenvalue weighted by atomic mass is 9.96. The molecule has 0 saturated heterocycles. The predicted molar refractivity (Wildman–Crippen MR) is 101 cm³/mol. The number of aromatic nitrogens is 2. The molecule has 0 spiro atoms. The zero-order valence-corrected chi connectivity index (χ0v) is 15.0. The van der Waals surface area contributed by atoms with Gasteiger partial charge in [-0.25, -0.2) is 4.79 Å². The fourth-order valence-corrected chi connectivity index (χ4v) is 3.52. The molecule has 5 heteroatoms. The summed E-state index contributed by atoms with van der Waals surface area (Å²) >= 11 is 0. The number of pyridine rings is 2. The smallest absolute Gasteiger partial charge is 0.341 e. The minimum Gasteiger partial charge on any atom is -0.477 e. The van der Waals surface area contributed by atoms with Crippen LogP contribution in [0, 0.1) is 20.8 Å². The van der Waals surface area contributed by atoms with E-state index >= 15 is 0 Å². The Morgan fingerprint density at radius 1 is 1.23 bits per heavy atom. The van der Waals surface area contributed by atoms with Crippen LogP contribution in [0.1, 0.15) is 46.1 Å². The average molecular weight is 348 g/mol. The van der Waals surface area contributed by atoms with E-state index in [0.717, 1.165) is 46.3 Å². The molecule has 2 aromatic heterocycles. The van der Waals surface area contributed by atoms with Crippen LogP contribution in [-0.4, -0.2) is 20.6 Å². The van der Waals surface area contributed by atoms with Gasteiger partial charge in [-0.15, -0.1) is 0 Å². The van der Waals surface area contributed by atoms with Crippen LogP contribution < -0.4 is 5.43 Å². The van der Waals surface area contributed by atoms with Gasteiger partial charge in [0.1, 0.15) is 5.56 Å². The number of benzene rings is 1. The summed E-state index contributed by atoms with van der Waals surface area (Å²) in [5.41, 5.74) is 5.36. The number of nitrogens with zero attached hydrogens (tertiary/aromatic N) is 2. The average Bonchev–Trinajstić information content (AvgIpc) is 3.43. The number of carbonyl (C=O) groups is 1. The van der Waals surface area contributed by atoms with Gasteiger partial charge < -0.3 is 9.67 Å². The molecule has 0 unspecified atom stereocenters. The van der Waals surface area contributed by atoms with Crippen molar-refractivity contribution in [1.82, 2.24) is 9.55 Å². The minimum atomic E-state index is -1.17. The maximum absolute atomic E-state index is 12.7. The summed E-state index contributed by atoms with van der Waals surface area (Å²) < 4.78 is 1.98. The van der Waals surface area contributed by atoms with Crippen LogP contribution in [0.5, 0.6) is 0 Å². The lowest BCUT2D eigenvalue weighted by Gasteiger charge is -2.17. The summed E-state index contributed by atoms with van der Waals surface area (Å²) in [6.45, 7) is 6.00. The first-order valence-corrected chi connectivity index (χ1v) is 8.74. The molecular formula is C21H20N2O3. The molecule has 0 bridgehead atoms. The summed E-state index contributed by atoms with van der Waals surface area (Å²) in [7, 11) is 0. The van der Waals surface area contributed by atoms with Gasteiger partial charge in [-0.05, 0) is 62.4 Å². The molecule has 5 nitrogen and oxygen atoms in total. The second-order valence-corrected chi connectivity index (χ2v) is 7.08. The number of rotatable bonds is 3. The molecule has 1 aliphatic rings. The van der Waals surface area contributed by atoms with Crippen molar-refractivity contribution < 1.29 is 9.90 Å². The molecule has 1 saturated carbocycles. The SMILES string of the molecule is Cc1cc(-c2ccc3c(=O)c(C(=O)O)cn(C4CC4)c3c2C)cnc1C. The molecule has 1 aliphatic carbocycles. The molecular weight excluding hydrogens is 328 g/mol. The second kappa shape index (κ2) is 5.80. The van der Waals surface area contributed by atoms with Crippen molar-refractivity contribution in [3.63, 3.8) is 0 Å². The Bertz CT molecular complexity index is 1120. The van der Waals surface area contributed by atoms with E-state index in [2.05, 4.69) is 11.1 Å². The van der Waals surface area contributed by atoms with E-state index in [4.69, 9.17) is 0 Å². The van der Waals surface area contributed by atoms with Gasteiger partial charge in [-0.2, -0.15) is 0 Å². The van der Waals surface area contributed by atoms with Gasteiger partial charge in [0.15, 0.2) is 0 Å². The third kappa shape index (κ3) is 2.51. The Balaban J connectivity index is 2.05. The lowest BCUT2D eigenvalue weighted by molar-refractivity contribution is 0.0695. The highest BCUT2D eigenvalue weighted by molar-refractivity contribution is 5.95. The number of aryl methyl sites for hydroxylation is 3. The molecule has 0 aliphatic heterocycles. The molecule has 1 fully saturated rings. The number of hydrogen-bond acceptors (Lipinski definition) is 3. The standard InChI is InChI=1S/C21H20N2O3/c1-11-8-14(9-22-13(11)3)16-6-7-17-19(12(16)2)23(15-4-5-15)10-18(20(17)24)21(25)26/h6-10,15H,4-5H2,1-3H3,(H,25,26). The van der Waals surface area contributed by atoms with Crippen LogP contribution in [0.25, 0.3) is 22.0 Å². The molecule has 4 rings (SSSR count). The van der Waals surface area contributed by atoms with Crippen molar-refractivity contribution in [2.24, 2.45) is 0 Å². The summed E-state index contributed by atoms with van der Waals surface area (Å²) in [4.78, 5) is 28.6. The Morgan fingerprint density at radius 2 is 1.96 bits per heavy atom. The fourth-order valence-electron chi connectivity index (χ4n) is 3.52. The van der Waals surface area contributed by atoms with Gasteiger partial charge in [0.2, 0.25) is 5.43 Å². The van der Waals surface area contributed by atoms with Crippen molar-refractivity contribution >= 4 is 16.9 Å². The summed E-state index contributed by atoms with van der Waals surface area (Å²) in [5, 5.41) is 9.86. The number of carboxylic acid groups (broad SMARTS) is 1. The van der Waals surface area contributed by atoms with Gasteiger partial charge in [0, 0.05) is 35.1 Å². The van der Waals surface area contributed by atoms with Crippen molar-refractivity contribution in [2.75, 3.05) is 0 Å². The first kappa shape index (κ1) is 16.5. The first-order valence-electron chi connectivity index (χ1n) is 8.74. The molecule has 3 aromatic rings. The van der Waals surface area contributed by atoms with Crippen LogP contribution in [0.3, 0.4) is 0 Å². The summed E-state index contributed by atoms with van der Waals surface area (Å²) in [5.74, 6) is -1.17. The molecule has 0 atom stereocenters. The van der Waals surface area contributed by atoms with Crippen LogP contribution >= 0.6 is 0 Å². The molecule has 0 amide bonds. The zero-order valence-electron chi connectivity index (χ0n) is 15.0. The third-order valence-corrected chi connectivity index (χ3v) is 5.27. The number of hydrogen-bond donors (Lipinski definition) is 1. The number of aromatic carboxylic acids is 1. The molecule has 132 valence electrons. The number of carboxylic acids is 1. The maximum atomic E-state index is 12.7. The van der Waals surface area contributed by atoms with Crippen molar-refractivity contribution in [1.29, 1.82) is 0 Å². The third-order valence-electron chi connectivity index (χ3n) is 5.27. The second-order valence-electron chi connectivity index (χ2n) is 7.08. The van der Waals surface area contributed by atoms with Crippen LogP contribution in [0.15, 0.2) is 35.4 Å². The van der Waals surface area contributed by atoms with Gasteiger partial charge in [-0.3, -0.25) is 9.78 Å². The maximum Gasteiger partial charge on any atom is 0.341 e. The summed E-state index contributed by atoms with van der Waals surface area (Å²) in [6, 6.07) is 6.01. The topological polar surface area (TPSA) is 72.2 Å². The molecule has 26 heavy (non-hydrogen) atoms. The quantitative estimate of drug-likeness (QED) is 0.776. The molecule has 0 radical (unpaired) electrons. The highest BCUT2D eigenvalue weighted by Gasteiger charge is 2.28. The Labute approximate surface area is 150 Å². The van der Waals surface area contributed by atoms with Gasteiger partial charge in [0.05, 0.1) is 5.52 Å². The van der Waals surface area contributed by atoms with E-state index in [1.807, 2.05) is 37.6 Å². The predicted octanol–water partition coefficient (Wildman–Crippen LogP) is 4.02. The van der Waals surface area contributed by atoms with Gasteiger partial charge in [-0.1, -0.05) is 6.07 Å². The van der Waals surface area contributed by atoms with Gasteiger partial charge in [0.25, 0.3) is 0 Å². The molecule has 1 N–H and O–H groups in total. The normalized spacial score (nSPS) is 14.0. The van der Waals surface area contributed by atoms with Crippen LogP contribution in [0.4, 0.5) is 0 Å². The van der Waals surface area contributed by atoms with E-state index < -0.39 is 11.4 Å². The highest BCUT2D eigenvalue weighted by atomic mass is 16.4. The van der Waals surface area contributed by atoms with Crippen molar-refractivity contribution in [2.45, 2.75) is 39.7 Å². The van der Waals surface area contributed by atoms with Crippen LogP contribution in [0.2, 0.25) is 0 Å². The fraction of sp³-hybridized carbons (Fsp3) is 0.286. The monoisotopic (exact) mass is 348 g/mol. The van der Waals surface area contributed by atoms with Crippen molar-refractivity contribution in [3.05, 3.63) is 63.2 Å². The Hall–Kier alpha value is -2.95. The van der Waals surface area contributed by atoms with E-state index in [1.165, 1.54) is 6.20 Å². The van der Waals surface area contributed by atoms with E-state index in [9.17, 15) is 14.7 Å².